The van der Waals surface area contributed by atoms with Gasteiger partial charge in [0.1, 0.15) is 5.82 Å². The summed E-state index contributed by atoms with van der Waals surface area (Å²) in [5, 5.41) is 0.808. The van der Waals surface area contributed by atoms with Gasteiger partial charge in [-0.1, -0.05) is 23.7 Å². The van der Waals surface area contributed by atoms with E-state index in [1.807, 2.05) is 0 Å². The van der Waals surface area contributed by atoms with E-state index in [0.29, 0.717) is 21.9 Å². The molecule has 5 heteroatoms. The van der Waals surface area contributed by atoms with E-state index in [2.05, 4.69) is 4.98 Å². The summed E-state index contributed by atoms with van der Waals surface area (Å²) in [5.74, 6) is -0.450. The second-order valence-corrected chi connectivity index (χ2v) is 5.09. The van der Waals surface area contributed by atoms with E-state index < -0.39 is 5.82 Å². The van der Waals surface area contributed by atoms with Gasteiger partial charge in [-0.2, -0.15) is 0 Å². The summed E-state index contributed by atoms with van der Waals surface area (Å²) in [6, 6.07) is 4.86. The van der Waals surface area contributed by atoms with Crippen LogP contribution in [-0.4, -0.2) is 10.8 Å². The maximum Gasteiger partial charge on any atom is 0.171 e. The van der Waals surface area contributed by atoms with E-state index in [-0.39, 0.29) is 10.8 Å². The fourth-order valence-electron chi connectivity index (χ4n) is 1.40. The quantitative estimate of drug-likeness (QED) is 0.795. The Morgan fingerprint density at radius 1 is 1.53 bits per heavy atom. The van der Waals surface area contributed by atoms with Gasteiger partial charge in [0.05, 0.1) is 14.9 Å². The van der Waals surface area contributed by atoms with Gasteiger partial charge in [-0.3, -0.25) is 4.79 Å². The minimum absolute atomic E-state index is 0.0275. The summed E-state index contributed by atoms with van der Waals surface area (Å²) >= 11 is 6.97. The van der Waals surface area contributed by atoms with Crippen molar-refractivity contribution in [2.24, 2.45) is 0 Å². The van der Waals surface area contributed by atoms with Crippen LogP contribution >= 0.6 is 22.9 Å². The Balaban J connectivity index is 2.25. The molecule has 0 aliphatic carbocycles. The maximum atomic E-state index is 13.6. The fourth-order valence-corrected chi connectivity index (χ4v) is 2.43. The first kappa shape index (κ1) is 12.2. The Bertz CT molecular complexity index is 567. The van der Waals surface area contributed by atoms with Crippen molar-refractivity contribution in [3.63, 3.8) is 0 Å². The second-order valence-electron chi connectivity index (χ2n) is 3.56. The van der Waals surface area contributed by atoms with E-state index in [9.17, 15) is 9.18 Å². The number of hydrogen-bond acceptors (Lipinski definition) is 3. The van der Waals surface area contributed by atoms with Crippen LogP contribution in [-0.2, 0) is 6.42 Å². The summed E-state index contributed by atoms with van der Waals surface area (Å²) in [6.07, 6.45) is 1.87. The summed E-state index contributed by atoms with van der Waals surface area (Å²) in [4.78, 5) is 15.8. The SMILES string of the molecule is CC(=O)c1cnc(Cc2cccc(Cl)c2F)s1. The van der Waals surface area contributed by atoms with Crippen molar-refractivity contribution >= 4 is 28.7 Å². The molecular weight excluding hydrogens is 261 g/mol. The van der Waals surface area contributed by atoms with Gasteiger partial charge in [-0.25, -0.2) is 9.37 Å². The molecule has 0 aliphatic heterocycles. The van der Waals surface area contributed by atoms with Crippen LogP contribution in [0, 0.1) is 5.82 Å². The van der Waals surface area contributed by atoms with Crippen LogP contribution in [0.2, 0.25) is 5.02 Å². The molecular formula is C12H9ClFNOS. The molecule has 0 aliphatic rings. The number of benzene rings is 1. The third-order valence-electron chi connectivity index (χ3n) is 2.27. The Labute approximate surface area is 107 Å². The molecule has 0 spiro atoms. The monoisotopic (exact) mass is 269 g/mol. The lowest BCUT2D eigenvalue weighted by atomic mass is 10.1. The summed E-state index contributed by atoms with van der Waals surface area (Å²) in [5.41, 5.74) is 0.488. The first-order valence-corrected chi connectivity index (χ1v) is 6.16. The number of Topliss-reactive ketones (excluding diaryl/α,β-unsaturated/α-hetero) is 1. The summed E-state index contributed by atoms with van der Waals surface area (Å²) < 4.78 is 13.6. The molecule has 88 valence electrons. The Morgan fingerprint density at radius 2 is 2.29 bits per heavy atom. The number of halogens is 2. The number of ketones is 1. The molecule has 17 heavy (non-hydrogen) atoms. The molecule has 0 unspecified atom stereocenters. The van der Waals surface area contributed by atoms with Crippen LogP contribution in [0.1, 0.15) is 27.2 Å². The summed E-state index contributed by atoms with van der Waals surface area (Å²) in [7, 11) is 0. The van der Waals surface area contributed by atoms with Crippen molar-refractivity contribution in [3.8, 4) is 0 Å². The summed E-state index contributed by atoms with van der Waals surface area (Å²) in [6.45, 7) is 1.48. The molecule has 2 aromatic rings. The number of aromatic nitrogens is 1. The Hall–Kier alpha value is -1.26. The topological polar surface area (TPSA) is 30.0 Å². The zero-order valence-electron chi connectivity index (χ0n) is 9.04. The molecule has 0 fully saturated rings. The average molecular weight is 270 g/mol. The Morgan fingerprint density at radius 3 is 2.94 bits per heavy atom. The lowest BCUT2D eigenvalue weighted by Crippen LogP contribution is -1.92. The van der Waals surface area contributed by atoms with Crippen LogP contribution in [0.25, 0.3) is 0 Å². The zero-order valence-corrected chi connectivity index (χ0v) is 10.6. The second kappa shape index (κ2) is 4.94. The number of carbonyl (C=O) groups is 1. The van der Waals surface area contributed by atoms with E-state index in [4.69, 9.17) is 11.6 Å². The normalized spacial score (nSPS) is 10.5. The predicted octanol–water partition coefficient (Wildman–Crippen LogP) is 3.73. The van der Waals surface area contributed by atoms with Gasteiger partial charge in [0.2, 0.25) is 0 Å². The van der Waals surface area contributed by atoms with Gasteiger partial charge < -0.3 is 0 Å². The smallest absolute Gasteiger partial charge is 0.171 e. The van der Waals surface area contributed by atoms with Crippen molar-refractivity contribution in [3.05, 3.63) is 50.7 Å². The molecule has 2 rings (SSSR count). The van der Waals surface area contributed by atoms with Crippen LogP contribution in [0.5, 0.6) is 0 Å². The van der Waals surface area contributed by atoms with Gasteiger partial charge in [0.15, 0.2) is 5.78 Å². The highest BCUT2D eigenvalue weighted by Crippen LogP contribution is 2.22. The molecule has 0 amide bonds. The minimum atomic E-state index is -0.422. The molecule has 0 atom stereocenters. The van der Waals surface area contributed by atoms with E-state index >= 15 is 0 Å². The molecule has 2 nitrogen and oxygen atoms in total. The van der Waals surface area contributed by atoms with E-state index in [1.165, 1.54) is 30.5 Å². The van der Waals surface area contributed by atoms with Gasteiger partial charge in [0.25, 0.3) is 0 Å². The van der Waals surface area contributed by atoms with Crippen molar-refractivity contribution < 1.29 is 9.18 Å². The largest absolute Gasteiger partial charge is 0.294 e. The lowest BCUT2D eigenvalue weighted by Gasteiger charge is -2.01. The van der Waals surface area contributed by atoms with E-state index in [0.717, 1.165) is 0 Å². The standard InChI is InChI=1S/C12H9ClFNOS/c1-7(16)10-6-15-11(17-10)5-8-3-2-4-9(13)12(8)14/h2-4,6H,5H2,1H3. The van der Waals surface area contributed by atoms with Gasteiger partial charge in [-0.05, 0) is 11.6 Å². The maximum absolute atomic E-state index is 13.6. The predicted molar refractivity (Wildman–Crippen MR) is 66.3 cm³/mol. The lowest BCUT2D eigenvalue weighted by molar-refractivity contribution is 0.102. The number of nitrogens with zero attached hydrogens (tertiary/aromatic N) is 1. The van der Waals surface area contributed by atoms with Crippen LogP contribution < -0.4 is 0 Å². The highest BCUT2D eigenvalue weighted by Gasteiger charge is 2.10. The number of carbonyl (C=O) groups excluding carboxylic acids is 1. The molecule has 0 saturated carbocycles. The number of hydrogen-bond donors (Lipinski definition) is 0. The van der Waals surface area contributed by atoms with Crippen LogP contribution in [0.3, 0.4) is 0 Å². The first-order chi connectivity index (χ1) is 8.08. The average Bonchev–Trinajstić information content (AvgIpc) is 2.73. The van der Waals surface area contributed by atoms with Crippen LogP contribution in [0.15, 0.2) is 24.4 Å². The van der Waals surface area contributed by atoms with Gasteiger partial charge in [0, 0.05) is 19.5 Å². The fraction of sp³-hybridized carbons (Fsp3) is 0.167. The van der Waals surface area contributed by atoms with Crippen molar-refractivity contribution in [1.29, 1.82) is 0 Å². The molecule has 1 aromatic heterocycles. The van der Waals surface area contributed by atoms with Crippen LogP contribution in [0.4, 0.5) is 4.39 Å². The molecule has 1 aromatic carbocycles. The molecule has 0 bridgehead atoms. The Kier molecular flexibility index (Phi) is 3.54. The molecule has 0 N–H and O–H groups in total. The zero-order chi connectivity index (χ0) is 12.4. The third kappa shape index (κ3) is 2.70. The number of rotatable bonds is 3. The number of thiazole rings is 1. The third-order valence-corrected chi connectivity index (χ3v) is 3.66. The molecule has 0 saturated heterocycles. The first-order valence-electron chi connectivity index (χ1n) is 4.96. The van der Waals surface area contributed by atoms with Gasteiger partial charge in [-0.15, -0.1) is 11.3 Å². The molecule has 1 heterocycles. The van der Waals surface area contributed by atoms with E-state index in [1.54, 1.807) is 12.1 Å². The van der Waals surface area contributed by atoms with Gasteiger partial charge >= 0.3 is 0 Å². The minimum Gasteiger partial charge on any atom is -0.294 e. The van der Waals surface area contributed by atoms with Crippen molar-refractivity contribution in [1.82, 2.24) is 4.98 Å². The highest BCUT2D eigenvalue weighted by molar-refractivity contribution is 7.13. The molecule has 0 radical (unpaired) electrons. The van der Waals surface area contributed by atoms with Crippen molar-refractivity contribution in [2.45, 2.75) is 13.3 Å². The highest BCUT2D eigenvalue weighted by atomic mass is 35.5. The van der Waals surface area contributed by atoms with Crippen molar-refractivity contribution in [2.75, 3.05) is 0 Å².